The van der Waals surface area contributed by atoms with Gasteiger partial charge in [-0.25, -0.2) is 0 Å². The van der Waals surface area contributed by atoms with E-state index in [9.17, 15) is 5.11 Å². The predicted molar refractivity (Wildman–Crippen MR) is 64.9 cm³/mol. The van der Waals surface area contributed by atoms with Crippen LogP contribution in [0.3, 0.4) is 0 Å². The molecule has 0 saturated heterocycles. The Morgan fingerprint density at radius 1 is 1.53 bits per heavy atom. The number of aromatic nitrogens is 4. The number of hydrogen-bond donors (Lipinski definition) is 1. The molecule has 2 rings (SSSR count). The fourth-order valence-electron chi connectivity index (χ4n) is 1.92. The minimum atomic E-state index is -0.809. The molecule has 2 aromatic rings. The van der Waals surface area contributed by atoms with E-state index in [1.807, 2.05) is 19.9 Å². The number of aliphatic hydroxyl groups excluding tert-OH is 1. The summed E-state index contributed by atoms with van der Waals surface area (Å²) in [6, 6.07) is 1.84. The lowest BCUT2D eigenvalue weighted by Crippen LogP contribution is -2.12. The molecule has 92 valence electrons. The monoisotopic (exact) mass is 254 g/mol. The highest BCUT2D eigenvalue weighted by Crippen LogP contribution is 2.28. The molecular weight excluding hydrogens is 240 g/mol. The first-order valence-electron chi connectivity index (χ1n) is 5.44. The Morgan fingerprint density at radius 3 is 2.76 bits per heavy atom. The van der Waals surface area contributed by atoms with Crippen molar-refractivity contribution < 1.29 is 5.11 Å². The molecule has 0 spiro atoms. The molecule has 5 nitrogen and oxygen atoms in total. The standard InChI is InChI=1S/C11H15ClN4O/c1-4-16-10(8(12)6-13-16)11(17)9-5-7(2)14-15(9)3/h5-6,11,17H,4H2,1-3H3. The van der Waals surface area contributed by atoms with Crippen LogP contribution in [0, 0.1) is 6.92 Å². The van der Waals surface area contributed by atoms with Gasteiger partial charge in [-0.2, -0.15) is 10.2 Å². The maximum atomic E-state index is 10.4. The Bertz CT molecular complexity index is 532. The SMILES string of the molecule is CCn1ncc(Cl)c1C(O)c1cc(C)nn1C. The fourth-order valence-corrected chi connectivity index (χ4v) is 2.17. The van der Waals surface area contributed by atoms with Gasteiger partial charge in [-0.3, -0.25) is 9.36 Å². The number of aryl methyl sites for hydroxylation is 3. The molecule has 1 N–H and O–H groups in total. The van der Waals surface area contributed by atoms with Crippen LogP contribution in [0.2, 0.25) is 5.02 Å². The van der Waals surface area contributed by atoms with Gasteiger partial charge < -0.3 is 5.11 Å². The number of nitrogens with zero attached hydrogens (tertiary/aromatic N) is 4. The normalized spacial score (nSPS) is 13.0. The molecule has 2 heterocycles. The van der Waals surface area contributed by atoms with E-state index >= 15 is 0 Å². The van der Waals surface area contributed by atoms with Gasteiger partial charge in [0.25, 0.3) is 0 Å². The summed E-state index contributed by atoms with van der Waals surface area (Å²) >= 11 is 6.05. The van der Waals surface area contributed by atoms with Crippen LogP contribution in [0.15, 0.2) is 12.3 Å². The summed E-state index contributed by atoms with van der Waals surface area (Å²) in [4.78, 5) is 0. The van der Waals surface area contributed by atoms with Crippen molar-refractivity contribution in [3.05, 3.63) is 34.4 Å². The molecule has 1 atom stereocenters. The largest absolute Gasteiger partial charge is 0.380 e. The van der Waals surface area contributed by atoms with E-state index in [1.54, 1.807) is 22.6 Å². The summed E-state index contributed by atoms with van der Waals surface area (Å²) in [6.45, 7) is 4.50. The highest BCUT2D eigenvalue weighted by Gasteiger charge is 2.22. The van der Waals surface area contributed by atoms with Gasteiger partial charge in [-0.05, 0) is 19.9 Å². The maximum Gasteiger partial charge on any atom is 0.139 e. The lowest BCUT2D eigenvalue weighted by atomic mass is 10.1. The van der Waals surface area contributed by atoms with Gasteiger partial charge in [0.1, 0.15) is 6.10 Å². The lowest BCUT2D eigenvalue weighted by molar-refractivity contribution is 0.198. The molecular formula is C11H15ClN4O. The smallest absolute Gasteiger partial charge is 0.139 e. The minimum Gasteiger partial charge on any atom is -0.380 e. The zero-order valence-electron chi connectivity index (χ0n) is 10.1. The van der Waals surface area contributed by atoms with Gasteiger partial charge in [0.15, 0.2) is 0 Å². The third kappa shape index (κ3) is 2.08. The van der Waals surface area contributed by atoms with Crippen molar-refractivity contribution in [1.29, 1.82) is 0 Å². The number of aliphatic hydroxyl groups is 1. The second kappa shape index (κ2) is 4.50. The Morgan fingerprint density at radius 2 is 2.24 bits per heavy atom. The number of hydrogen-bond acceptors (Lipinski definition) is 3. The zero-order chi connectivity index (χ0) is 12.6. The Kier molecular flexibility index (Phi) is 3.22. The van der Waals surface area contributed by atoms with E-state index in [4.69, 9.17) is 11.6 Å². The molecule has 0 aliphatic heterocycles. The van der Waals surface area contributed by atoms with Crippen LogP contribution in [0.5, 0.6) is 0 Å². The molecule has 2 aromatic heterocycles. The van der Waals surface area contributed by atoms with Gasteiger partial charge in [0.05, 0.1) is 28.3 Å². The van der Waals surface area contributed by atoms with Crippen LogP contribution < -0.4 is 0 Å². The first-order chi connectivity index (χ1) is 8.04. The molecule has 0 saturated carbocycles. The number of halogens is 1. The van der Waals surface area contributed by atoms with E-state index < -0.39 is 6.10 Å². The Hall–Kier alpha value is -1.33. The molecule has 0 radical (unpaired) electrons. The summed E-state index contributed by atoms with van der Waals surface area (Å²) in [6.07, 6.45) is 0.739. The third-order valence-corrected chi connectivity index (χ3v) is 3.00. The molecule has 0 aromatic carbocycles. The van der Waals surface area contributed by atoms with Crippen molar-refractivity contribution >= 4 is 11.6 Å². The summed E-state index contributed by atoms with van der Waals surface area (Å²) in [5, 5.41) is 19.2. The summed E-state index contributed by atoms with van der Waals surface area (Å²) < 4.78 is 3.35. The quantitative estimate of drug-likeness (QED) is 0.907. The summed E-state index contributed by atoms with van der Waals surface area (Å²) in [5.41, 5.74) is 2.18. The molecule has 0 aliphatic carbocycles. The van der Waals surface area contributed by atoms with E-state index in [1.165, 1.54) is 0 Å². The van der Waals surface area contributed by atoms with Crippen LogP contribution in [-0.4, -0.2) is 24.7 Å². The van der Waals surface area contributed by atoms with Gasteiger partial charge >= 0.3 is 0 Å². The maximum absolute atomic E-state index is 10.4. The van der Waals surface area contributed by atoms with Gasteiger partial charge in [0, 0.05) is 13.6 Å². The van der Waals surface area contributed by atoms with E-state index in [0.717, 1.165) is 5.69 Å². The molecule has 6 heteroatoms. The van der Waals surface area contributed by atoms with E-state index in [-0.39, 0.29) is 0 Å². The number of rotatable bonds is 3. The molecule has 1 unspecified atom stereocenters. The van der Waals surface area contributed by atoms with Gasteiger partial charge in [-0.1, -0.05) is 11.6 Å². The van der Waals surface area contributed by atoms with Gasteiger partial charge in [0.2, 0.25) is 0 Å². The minimum absolute atomic E-state index is 0.471. The Labute approximate surface area is 105 Å². The van der Waals surface area contributed by atoms with Crippen molar-refractivity contribution in [2.24, 2.45) is 7.05 Å². The van der Waals surface area contributed by atoms with Crippen molar-refractivity contribution in [2.45, 2.75) is 26.5 Å². The van der Waals surface area contributed by atoms with E-state index in [2.05, 4.69) is 10.2 Å². The highest BCUT2D eigenvalue weighted by molar-refractivity contribution is 6.31. The van der Waals surface area contributed by atoms with Crippen LogP contribution >= 0.6 is 11.6 Å². The summed E-state index contributed by atoms with van der Waals surface area (Å²) in [7, 11) is 1.80. The van der Waals surface area contributed by atoms with Crippen LogP contribution in [0.25, 0.3) is 0 Å². The first-order valence-corrected chi connectivity index (χ1v) is 5.82. The average molecular weight is 255 g/mol. The topological polar surface area (TPSA) is 55.9 Å². The fraction of sp³-hybridized carbons (Fsp3) is 0.455. The Balaban J connectivity index is 2.46. The van der Waals surface area contributed by atoms with Crippen LogP contribution in [0.1, 0.15) is 30.1 Å². The third-order valence-electron chi connectivity index (χ3n) is 2.71. The van der Waals surface area contributed by atoms with Crippen molar-refractivity contribution in [2.75, 3.05) is 0 Å². The highest BCUT2D eigenvalue weighted by atomic mass is 35.5. The average Bonchev–Trinajstić information content (AvgIpc) is 2.80. The molecule has 0 bridgehead atoms. The molecule has 0 fully saturated rings. The predicted octanol–water partition coefficient (Wildman–Crippen LogP) is 1.68. The second-order valence-electron chi connectivity index (χ2n) is 3.93. The van der Waals surface area contributed by atoms with Crippen LogP contribution in [0.4, 0.5) is 0 Å². The van der Waals surface area contributed by atoms with Crippen molar-refractivity contribution in [3.8, 4) is 0 Å². The zero-order valence-corrected chi connectivity index (χ0v) is 10.8. The second-order valence-corrected chi connectivity index (χ2v) is 4.34. The van der Waals surface area contributed by atoms with Gasteiger partial charge in [-0.15, -0.1) is 0 Å². The van der Waals surface area contributed by atoms with E-state index in [0.29, 0.717) is 23.0 Å². The molecule has 0 amide bonds. The lowest BCUT2D eigenvalue weighted by Gasteiger charge is -2.13. The molecule has 0 aliphatic rings. The van der Waals surface area contributed by atoms with Crippen molar-refractivity contribution in [1.82, 2.24) is 19.6 Å². The van der Waals surface area contributed by atoms with Crippen molar-refractivity contribution in [3.63, 3.8) is 0 Å². The van der Waals surface area contributed by atoms with Crippen LogP contribution in [-0.2, 0) is 13.6 Å². The summed E-state index contributed by atoms with van der Waals surface area (Å²) in [5.74, 6) is 0. The first kappa shape index (κ1) is 12.1. The molecule has 17 heavy (non-hydrogen) atoms.